The standard InChI is InChI=1S/C41H50O3/c1-3-4-5-6-31-9-15-36(16-10-31)38-21-23-39(24-22-38)37-17-11-32(12-18-37)7-8-33-13-19-41-27-34(14-20-40(41)26-33)25-35(28-43-2)29-44-30-42/h11-14,17-24,26-27,30-31,35-36H,3-10,15-16,25,28-29H2,1-2H3. The summed E-state index contributed by atoms with van der Waals surface area (Å²) < 4.78 is 10.3. The van der Waals surface area contributed by atoms with Gasteiger partial charge in [-0.05, 0) is 101 Å². The van der Waals surface area contributed by atoms with Gasteiger partial charge in [0.1, 0.15) is 0 Å². The Morgan fingerprint density at radius 2 is 1.34 bits per heavy atom. The van der Waals surface area contributed by atoms with Crippen LogP contribution in [0.1, 0.15) is 86.5 Å². The van der Waals surface area contributed by atoms with Gasteiger partial charge in [-0.25, -0.2) is 0 Å². The van der Waals surface area contributed by atoms with E-state index >= 15 is 0 Å². The second-order valence-corrected chi connectivity index (χ2v) is 13.0. The van der Waals surface area contributed by atoms with Gasteiger partial charge in [-0.1, -0.05) is 118 Å². The summed E-state index contributed by atoms with van der Waals surface area (Å²) in [5, 5.41) is 2.50. The highest BCUT2D eigenvalue weighted by molar-refractivity contribution is 5.83. The molecule has 44 heavy (non-hydrogen) atoms. The molecule has 1 atom stereocenters. The van der Waals surface area contributed by atoms with Crippen molar-refractivity contribution in [2.24, 2.45) is 11.8 Å². The Morgan fingerprint density at radius 3 is 2.00 bits per heavy atom. The smallest absolute Gasteiger partial charge is 0.293 e. The highest BCUT2D eigenvalue weighted by Crippen LogP contribution is 2.38. The fraction of sp³-hybridized carbons (Fsp3) is 0.439. The van der Waals surface area contributed by atoms with Crippen molar-refractivity contribution in [1.82, 2.24) is 0 Å². The van der Waals surface area contributed by atoms with Crippen molar-refractivity contribution >= 4 is 17.2 Å². The number of aryl methyl sites for hydroxylation is 2. The van der Waals surface area contributed by atoms with Crippen LogP contribution in [0.15, 0.2) is 84.9 Å². The quantitative estimate of drug-likeness (QED) is 0.0962. The van der Waals surface area contributed by atoms with E-state index in [-0.39, 0.29) is 5.92 Å². The summed E-state index contributed by atoms with van der Waals surface area (Å²) in [6.07, 6.45) is 14.0. The summed E-state index contributed by atoms with van der Waals surface area (Å²) >= 11 is 0. The number of carbonyl (C=O) groups is 1. The largest absolute Gasteiger partial charge is 0.467 e. The number of unbranched alkanes of at least 4 members (excludes halogenated alkanes) is 2. The zero-order chi connectivity index (χ0) is 30.6. The van der Waals surface area contributed by atoms with Crippen LogP contribution in [0.3, 0.4) is 0 Å². The van der Waals surface area contributed by atoms with Crippen LogP contribution in [0.25, 0.3) is 21.9 Å². The number of methoxy groups -OCH3 is 1. The molecule has 0 N–H and O–H groups in total. The zero-order valence-electron chi connectivity index (χ0n) is 26.8. The van der Waals surface area contributed by atoms with Crippen molar-refractivity contribution in [2.45, 2.75) is 83.5 Å². The van der Waals surface area contributed by atoms with E-state index < -0.39 is 0 Å². The highest BCUT2D eigenvalue weighted by Gasteiger charge is 2.22. The first-order valence-electron chi connectivity index (χ1n) is 16.9. The minimum absolute atomic E-state index is 0.155. The molecule has 4 aromatic carbocycles. The minimum Gasteiger partial charge on any atom is -0.467 e. The minimum atomic E-state index is 0.155. The number of hydrogen-bond donors (Lipinski definition) is 0. The molecule has 232 valence electrons. The van der Waals surface area contributed by atoms with Crippen molar-refractivity contribution in [1.29, 1.82) is 0 Å². The van der Waals surface area contributed by atoms with E-state index in [0.717, 1.165) is 31.1 Å². The molecule has 5 rings (SSSR count). The average Bonchev–Trinajstić information content (AvgIpc) is 3.07. The predicted molar refractivity (Wildman–Crippen MR) is 183 cm³/mol. The van der Waals surface area contributed by atoms with Gasteiger partial charge in [-0.3, -0.25) is 4.79 Å². The van der Waals surface area contributed by atoms with E-state index in [0.29, 0.717) is 19.7 Å². The summed E-state index contributed by atoms with van der Waals surface area (Å²) in [6, 6.07) is 32.0. The van der Waals surface area contributed by atoms with Gasteiger partial charge in [0.25, 0.3) is 6.47 Å². The Balaban J connectivity index is 1.12. The van der Waals surface area contributed by atoms with Gasteiger partial charge in [-0.15, -0.1) is 0 Å². The normalized spacial score (nSPS) is 17.4. The molecule has 0 spiro atoms. The number of hydrogen-bond acceptors (Lipinski definition) is 3. The second kappa shape index (κ2) is 16.6. The number of carbonyl (C=O) groups excluding carboxylic acids is 1. The fourth-order valence-corrected chi connectivity index (χ4v) is 7.11. The number of ether oxygens (including phenoxy) is 2. The summed E-state index contributed by atoms with van der Waals surface area (Å²) in [4.78, 5) is 10.6. The van der Waals surface area contributed by atoms with Crippen molar-refractivity contribution < 1.29 is 14.3 Å². The van der Waals surface area contributed by atoms with Gasteiger partial charge in [0, 0.05) is 13.0 Å². The maximum atomic E-state index is 10.6. The van der Waals surface area contributed by atoms with Gasteiger partial charge in [0.05, 0.1) is 13.2 Å². The molecule has 1 saturated carbocycles. The van der Waals surface area contributed by atoms with E-state index in [1.54, 1.807) is 7.11 Å². The fourth-order valence-electron chi connectivity index (χ4n) is 7.11. The molecule has 0 aromatic heterocycles. The Labute approximate surface area is 265 Å². The predicted octanol–water partition coefficient (Wildman–Crippen LogP) is 10.1. The topological polar surface area (TPSA) is 35.5 Å². The molecule has 0 amide bonds. The average molecular weight is 591 g/mol. The van der Waals surface area contributed by atoms with Gasteiger partial charge in [0.15, 0.2) is 0 Å². The van der Waals surface area contributed by atoms with Crippen LogP contribution in [-0.4, -0.2) is 26.8 Å². The molecule has 3 nitrogen and oxygen atoms in total. The van der Waals surface area contributed by atoms with Gasteiger partial charge < -0.3 is 9.47 Å². The highest BCUT2D eigenvalue weighted by atomic mass is 16.5. The molecule has 0 aliphatic heterocycles. The monoisotopic (exact) mass is 590 g/mol. The lowest BCUT2D eigenvalue weighted by atomic mass is 9.77. The molecular weight excluding hydrogens is 540 g/mol. The van der Waals surface area contributed by atoms with E-state index in [1.807, 2.05) is 0 Å². The van der Waals surface area contributed by atoms with E-state index in [4.69, 9.17) is 9.47 Å². The maximum absolute atomic E-state index is 10.6. The van der Waals surface area contributed by atoms with Crippen LogP contribution < -0.4 is 0 Å². The van der Waals surface area contributed by atoms with Crippen LogP contribution in [0.5, 0.6) is 0 Å². The Bertz CT molecular complexity index is 1430. The Morgan fingerprint density at radius 1 is 0.727 bits per heavy atom. The van der Waals surface area contributed by atoms with Crippen LogP contribution in [-0.2, 0) is 33.5 Å². The molecular formula is C41H50O3. The van der Waals surface area contributed by atoms with E-state index in [1.165, 1.54) is 95.5 Å². The Kier molecular flexibility index (Phi) is 12.1. The molecule has 0 saturated heterocycles. The number of fused-ring (bicyclic) bond motifs is 1. The van der Waals surface area contributed by atoms with Crippen molar-refractivity contribution in [3.05, 3.63) is 107 Å². The van der Waals surface area contributed by atoms with E-state index in [9.17, 15) is 4.79 Å². The summed E-state index contributed by atoms with van der Waals surface area (Å²) in [5.74, 6) is 1.86. The summed E-state index contributed by atoms with van der Waals surface area (Å²) in [7, 11) is 1.68. The molecule has 1 aliphatic rings. The van der Waals surface area contributed by atoms with Crippen LogP contribution >= 0.6 is 0 Å². The molecule has 4 aromatic rings. The SMILES string of the molecule is CCCCCC1CCC(c2ccc(-c3ccc(CCc4ccc5cc(CC(COC)COC=O)ccc5c4)cc3)cc2)CC1. The molecule has 1 aliphatic carbocycles. The Hall–Kier alpha value is -3.43. The number of benzene rings is 4. The van der Waals surface area contributed by atoms with Crippen molar-refractivity contribution in [2.75, 3.05) is 20.3 Å². The van der Waals surface area contributed by atoms with Crippen LogP contribution in [0.2, 0.25) is 0 Å². The molecule has 0 radical (unpaired) electrons. The second-order valence-electron chi connectivity index (χ2n) is 13.0. The van der Waals surface area contributed by atoms with Gasteiger partial charge in [-0.2, -0.15) is 0 Å². The van der Waals surface area contributed by atoms with Crippen molar-refractivity contribution in [3.63, 3.8) is 0 Å². The maximum Gasteiger partial charge on any atom is 0.293 e. The molecule has 1 fully saturated rings. The zero-order valence-corrected chi connectivity index (χ0v) is 26.8. The third-order valence-corrected chi connectivity index (χ3v) is 9.73. The summed E-state index contributed by atoms with van der Waals surface area (Å²) in [6.45, 7) is 3.76. The lowest BCUT2D eigenvalue weighted by molar-refractivity contribution is -0.130. The molecule has 1 unspecified atom stereocenters. The first-order valence-corrected chi connectivity index (χ1v) is 16.9. The third-order valence-electron chi connectivity index (χ3n) is 9.73. The first-order chi connectivity index (χ1) is 21.6. The summed E-state index contributed by atoms with van der Waals surface area (Å²) in [5.41, 5.74) is 8.11. The lowest BCUT2D eigenvalue weighted by Gasteiger charge is -2.29. The van der Waals surface area contributed by atoms with Gasteiger partial charge >= 0.3 is 0 Å². The van der Waals surface area contributed by atoms with Crippen molar-refractivity contribution in [3.8, 4) is 11.1 Å². The van der Waals surface area contributed by atoms with Crippen LogP contribution in [0, 0.1) is 11.8 Å². The lowest BCUT2D eigenvalue weighted by Crippen LogP contribution is -2.17. The number of rotatable bonds is 16. The molecule has 3 heteroatoms. The van der Waals surface area contributed by atoms with E-state index in [2.05, 4.69) is 91.9 Å². The van der Waals surface area contributed by atoms with Crippen LogP contribution in [0.4, 0.5) is 0 Å². The molecule has 0 bridgehead atoms. The molecule has 0 heterocycles. The third kappa shape index (κ3) is 9.05. The first kappa shape index (κ1) is 32.0. The van der Waals surface area contributed by atoms with Gasteiger partial charge in [0.2, 0.25) is 0 Å².